The zero-order valence-electron chi connectivity index (χ0n) is 14.0. The molecule has 2 aromatic heterocycles. The number of anilines is 3. The fraction of sp³-hybridized carbons (Fsp3) is 0.111. The fourth-order valence-electron chi connectivity index (χ4n) is 2.47. The molecule has 0 spiro atoms. The number of para-hydroxylation sites is 2. The summed E-state index contributed by atoms with van der Waals surface area (Å²) < 4.78 is 7.13. The van der Waals surface area contributed by atoms with Crippen LogP contribution < -0.4 is 10.6 Å². The standard InChI is InChI=1S/C18H16N6O2/c1-12(24-11-19-10-20-24)17(25)21-13-6-8-14(9-7-13)22-18-23-15-4-2-3-5-16(15)26-18/h2-12H,1H3,(H,21,25)(H,22,23)/t12-/m1/s1. The highest BCUT2D eigenvalue weighted by Gasteiger charge is 2.15. The lowest BCUT2D eigenvalue weighted by molar-refractivity contribution is -0.119. The molecule has 1 amide bonds. The molecule has 0 aliphatic rings. The Morgan fingerprint density at radius 1 is 1.12 bits per heavy atom. The summed E-state index contributed by atoms with van der Waals surface area (Å²) in [6.45, 7) is 1.76. The van der Waals surface area contributed by atoms with Crippen molar-refractivity contribution in [3.05, 3.63) is 61.2 Å². The predicted octanol–water partition coefficient (Wildman–Crippen LogP) is 3.36. The van der Waals surface area contributed by atoms with E-state index >= 15 is 0 Å². The Kier molecular flexibility index (Phi) is 4.06. The van der Waals surface area contributed by atoms with E-state index in [4.69, 9.17) is 4.42 Å². The number of nitrogens with one attached hydrogen (secondary N) is 2. The predicted molar refractivity (Wildman–Crippen MR) is 97.1 cm³/mol. The molecule has 0 fully saturated rings. The van der Waals surface area contributed by atoms with Crippen molar-refractivity contribution in [1.82, 2.24) is 19.7 Å². The van der Waals surface area contributed by atoms with Gasteiger partial charge in [-0.1, -0.05) is 12.1 Å². The molecular weight excluding hydrogens is 332 g/mol. The van der Waals surface area contributed by atoms with Gasteiger partial charge in [-0.3, -0.25) is 4.79 Å². The lowest BCUT2D eigenvalue weighted by atomic mass is 10.2. The van der Waals surface area contributed by atoms with E-state index in [0.717, 1.165) is 16.8 Å². The highest BCUT2D eigenvalue weighted by atomic mass is 16.4. The number of carbonyl (C=O) groups is 1. The summed E-state index contributed by atoms with van der Waals surface area (Å²) in [6, 6.07) is 14.8. The third-order valence-corrected chi connectivity index (χ3v) is 3.91. The van der Waals surface area contributed by atoms with E-state index in [9.17, 15) is 4.79 Å². The van der Waals surface area contributed by atoms with Crippen molar-refractivity contribution in [2.45, 2.75) is 13.0 Å². The highest BCUT2D eigenvalue weighted by Crippen LogP contribution is 2.23. The number of nitrogens with zero attached hydrogens (tertiary/aromatic N) is 4. The van der Waals surface area contributed by atoms with Gasteiger partial charge in [-0.25, -0.2) is 9.67 Å². The first-order chi connectivity index (χ1) is 12.7. The first-order valence-electron chi connectivity index (χ1n) is 8.07. The Balaban J connectivity index is 1.42. The van der Waals surface area contributed by atoms with E-state index in [0.29, 0.717) is 11.7 Å². The summed E-state index contributed by atoms with van der Waals surface area (Å²) in [5, 5.41) is 9.93. The van der Waals surface area contributed by atoms with Gasteiger partial charge in [-0.15, -0.1) is 0 Å². The molecule has 2 N–H and O–H groups in total. The molecule has 0 saturated carbocycles. The van der Waals surface area contributed by atoms with Crippen LogP contribution >= 0.6 is 0 Å². The monoisotopic (exact) mass is 348 g/mol. The van der Waals surface area contributed by atoms with Crippen molar-refractivity contribution in [3.63, 3.8) is 0 Å². The molecule has 0 saturated heterocycles. The maximum atomic E-state index is 12.2. The Labute approximate surface area is 148 Å². The van der Waals surface area contributed by atoms with Crippen LogP contribution in [0.1, 0.15) is 13.0 Å². The van der Waals surface area contributed by atoms with Gasteiger partial charge in [0.1, 0.15) is 24.2 Å². The largest absolute Gasteiger partial charge is 0.423 e. The number of rotatable bonds is 5. The zero-order valence-corrected chi connectivity index (χ0v) is 14.0. The third kappa shape index (κ3) is 3.25. The maximum absolute atomic E-state index is 12.2. The molecule has 4 rings (SSSR count). The van der Waals surface area contributed by atoms with Crippen LogP contribution in [0.15, 0.2) is 65.6 Å². The number of hydrogen-bond donors (Lipinski definition) is 2. The van der Waals surface area contributed by atoms with E-state index < -0.39 is 6.04 Å². The highest BCUT2D eigenvalue weighted by molar-refractivity contribution is 5.93. The van der Waals surface area contributed by atoms with E-state index in [1.807, 2.05) is 36.4 Å². The zero-order chi connectivity index (χ0) is 17.9. The first kappa shape index (κ1) is 15.8. The second kappa shape index (κ2) is 6.67. The summed E-state index contributed by atoms with van der Waals surface area (Å²) in [6.07, 6.45) is 2.91. The Bertz CT molecular complexity index is 990. The summed E-state index contributed by atoms with van der Waals surface area (Å²) in [5.41, 5.74) is 3.01. The van der Waals surface area contributed by atoms with E-state index in [1.54, 1.807) is 19.1 Å². The quantitative estimate of drug-likeness (QED) is 0.574. The number of carbonyl (C=O) groups excluding carboxylic acids is 1. The van der Waals surface area contributed by atoms with Crippen molar-refractivity contribution in [2.75, 3.05) is 10.6 Å². The summed E-state index contributed by atoms with van der Waals surface area (Å²) in [5.74, 6) is -0.171. The van der Waals surface area contributed by atoms with Crippen LogP contribution in [0.3, 0.4) is 0 Å². The number of fused-ring (bicyclic) bond motifs is 1. The van der Waals surface area contributed by atoms with Crippen molar-refractivity contribution >= 4 is 34.4 Å². The Morgan fingerprint density at radius 2 is 1.88 bits per heavy atom. The lowest BCUT2D eigenvalue weighted by Gasteiger charge is -2.12. The Morgan fingerprint density at radius 3 is 2.62 bits per heavy atom. The third-order valence-electron chi connectivity index (χ3n) is 3.91. The lowest BCUT2D eigenvalue weighted by Crippen LogP contribution is -2.23. The van der Waals surface area contributed by atoms with Crippen molar-refractivity contribution < 1.29 is 9.21 Å². The molecule has 0 unspecified atom stereocenters. The number of benzene rings is 2. The minimum absolute atomic E-state index is 0.171. The van der Waals surface area contributed by atoms with Gasteiger partial charge in [0, 0.05) is 11.4 Å². The van der Waals surface area contributed by atoms with Crippen molar-refractivity contribution in [1.29, 1.82) is 0 Å². The number of oxazole rings is 1. The van der Waals surface area contributed by atoms with Crippen LogP contribution in [0.4, 0.5) is 17.4 Å². The smallest absolute Gasteiger partial charge is 0.300 e. The van der Waals surface area contributed by atoms with Gasteiger partial charge in [0.15, 0.2) is 5.58 Å². The second-order valence-electron chi connectivity index (χ2n) is 5.73. The maximum Gasteiger partial charge on any atom is 0.300 e. The molecule has 4 aromatic rings. The summed E-state index contributed by atoms with van der Waals surface area (Å²) in [7, 11) is 0. The first-order valence-corrected chi connectivity index (χ1v) is 8.07. The van der Waals surface area contributed by atoms with Gasteiger partial charge in [0.2, 0.25) is 5.91 Å². The normalized spacial score (nSPS) is 12.0. The minimum atomic E-state index is -0.449. The van der Waals surface area contributed by atoms with Crippen LogP contribution in [0.2, 0.25) is 0 Å². The van der Waals surface area contributed by atoms with Gasteiger partial charge >= 0.3 is 0 Å². The van der Waals surface area contributed by atoms with E-state index in [2.05, 4.69) is 25.7 Å². The second-order valence-corrected chi connectivity index (χ2v) is 5.73. The average Bonchev–Trinajstić information content (AvgIpc) is 3.31. The van der Waals surface area contributed by atoms with Gasteiger partial charge in [-0.05, 0) is 43.3 Å². The molecule has 0 bridgehead atoms. The number of aromatic nitrogens is 4. The van der Waals surface area contributed by atoms with Crippen molar-refractivity contribution in [2.24, 2.45) is 0 Å². The van der Waals surface area contributed by atoms with Crippen LogP contribution in [0.25, 0.3) is 11.1 Å². The minimum Gasteiger partial charge on any atom is -0.423 e. The molecule has 2 heterocycles. The molecule has 0 aliphatic carbocycles. The molecule has 26 heavy (non-hydrogen) atoms. The van der Waals surface area contributed by atoms with Crippen LogP contribution in [-0.2, 0) is 4.79 Å². The SMILES string of the molecule is C[C@H](C(=O)Nc1ccc(Nc2nc3ccccc3o2)cc1)n1cncn1. The molecular formula is C18H16N6O2. The fourth-order valence-corrected chi connectivity index (χ4v) is 2.47. The molecule has 0 aliphatic heterocycles. The summed E-state index contributed by atoms with van der Waals surface area (Å²) >= 11 is 0. The van der Waals surface area contributed by atoms with E-state index in [-0.39, 0.29) is 5.91 Å². The molecule has 8 nitrogen and oxygen atoms in total. The van der Waals surface area contributed by atoms with Gasteiger partial charge in [-0.2, -0.15) is 10.1 Å². The van der Waals surface area contributed by atoms with Gasteiger partial charge in [0.25, 0.3) is 6.01 Å². The van der Waals surface area contributed by atoms with Crippen LogP contribution in [0, 0.1) is 0 Å². The Hall–Kier alpha value is -3.68. The molecule has 130 valence electrons. The molecule has 0 radical (unpaired) electrons. The van der Waals surface area contributed by atoms with Gasteiger partial charge in [0.05, 0.1) is 0 Å². The molecule has 2 aromatic carbocycles. The topological polar surface area (TPSA) is 97.9 Å². The number of amides is 1. The number of hydrogen-bond acceptors (Lipinski definition) is 6. The average molecular weight is 348 g/mol. The van der Waals surface area contributed by atoms with Crippen LogP contribution in [-0.4, -0.2) is 25.7 Å². The van der Waals surface area contributed by atoms with Crippen LogP contribution in [0.5, 0.6) is 0 Å². The summed E-state index contributed by atoms with van der Waals surface area (Å²) in [4.78, 5) is 20.5. The van der Waals surface area contributed by atoms with Gasteiger partial charge < -0.3 is 15.1 Å². The van der Waals surface area contributed by atoms with Crippen molar-refractivity contribution in [3.8, 4) is 0 Å². The molecule has 1 atom stereocenters. The van der Waals surface area contributed by atoms with E-state index in [1.165, 1.54) is 17.3 Å². The molecule has 8 heteroatoms.